The average Bonchev–Trinajstić information content (AvgIpc) is 2.49. The molecule has 1 aromatic carbocycles. The molecule has 0 fully saturated rings. The van der Waals surface area contributed by atoms with E-state index in [1.165, 1.54) is 6.20 Å². The summed E-state index contributed by atoms with van der Waals surface area (Å²) in [6.07, 6.45) is 2.11. The Morgan fingerprint density at radius 3 is 2.91 bits per heavy atom. The largest absolute Gasteiger partial charge is 0.382 e. The van der Waals surface area contributed by atoms with E-state index in [4.69, 9.17) is 21.6 Å². The van der Waals surface area contributed by atoms with Crippen molar-refractivity contribution in [3.05, 3.63) is 40.6 Å². The molecule has 0 unspecified atom stereocenters. The van der Waals surface area contributed by atoms with Gasteiger partial charge in [-0.1, -0.05) is 11.6 Å². The summed E-state index contributed by atoms with van der Waals surface area (Å²) in [5.41, 5.74) is 1.74. The lowest BCUT2D eigenvalue weighted by molar-refractivity contribution is -0.117. The first-order chi connectivity index (χ1) is 10.6. The lowest BCUT2D eigenvalue weighted by Gasteiger charge is -2.07. The van der Waals surface area contributed by atoms with Gasteiger partial charge < -0.3 is 15.4 Å². The van der Waals surface area contributed by atoms with Gasteiger partial charge in [0.2, 0.25) is 0 Å². The Bertz CT molecular complexity index is 579. The minimum Gasteiger partial charge on any atom is -0.382 e. The van der Waals surface area contributed by atoms with E-state index in [0.29, 0.717) is 31.2 Å². The highest BCUT2D eigenvalue weighted by molar-refractivity contribution is 6.30. The van der Waals surface area contributed by atoms with Gasteiger partial charge in [0.15, 0.2) is 0 Å². The second-order valence-corrected chi connectivity index (χ2v) is 5.02. The highest BCUT2D eigenvalue weighted by Gasteiger charge is 2.08. The van der Waals surface area contributed by atoms with E-state index < -0.39 is 5.91 Å². The molecule has 1 aromatic rings. The molecule has 118 valence electrons. The Morgan fingerprint density at radius 2 is 2.27 bits per heavy atom. The first-order valence-corrected chi connectivity index (χ1v) is 7.45. The van der Waals surface area contributed by atoms with Gasteiger partial charge in [-0.2, -0.15) is 5.26 Å². The van der Waals surface area contributed by atoms with E-state index in [2.05, 4.69) is 10.6 Å². The lowest BCUT2D eigenvalue weighted by atomic mass is 10.2. The summed E-state index contributed by atoms with van der Waals surface area (Å²) in [6, 6.07) is 7.22. The van der Waals surface area contributed by atoms with Gasteiger partial charge >= 0.3 is 0 Å². The molecule has 0 aliphatic heterocycles. The zero-order valence-corrected chi connectivity index (χ0v) is 13.5. The summed E-state index contributed by atoms with van der Waals surface area (Å²) in [5, 5.41) is 15.3. The number of nitrogens with zero attached hydrogens (tertiary/aromatic N) is 1. The van der Waals surface area contributed by atoms with E-state index in [1.54, 1.807) is 18.2 Å². The van der Waals surface area contributed by atoms with E-state index in [0.717, 1.165) is 11.3 Å². The topological polar surface area (TPSA) is 74.1 Å². The lowest BCUT2D eigenvalue weighted by Crippen LogP contribution is -2.26. The third kappa shape index (κ3) is 6.17. The van der Waals surface area contributed by atoms with Gasteiger partial charge in [0.05, 0.1) is 0 Å². The first-order valence-electron chi connectivity index (χ1n) is 7.07. The number of halogens is 1. The summed E-state index contributed by atoms with van der Waals surface area (Å²) in [7, 11) is 0. The molecular weight excluding hydrogens is 302 g/mol. The Morgan fingerprint density at radius 1 is 1.50 bits per heavy atom. The van der Waals surface area contributed by atoms with Crippen LogP contribution >= 0.6 is 11.6 Å². The van der Waals surface area contributed by atoms with Crippen LogP contribution in [0.5, 0.6) is 0 Å². The van der Waals surface area contributed by atoms with Gasteiger partial charge in [-0.15, -0.1) is 0 Å². The van der Waals surface area contributed by atoms with Crippen molar-refractivity contribution in [1.29, 1.82) is 5.26 Å². The number of carbonyl (C=O) groups is 1. The summed E-state index contributed by atoms with van der Waals surface area (Å²) in [4.78, 5) is 11.9. The van der Waals surface area contributed by atoms with Gasteiger partial charge in [0, 0.05) is 36.7 Å². The van der Waals surface area contributed by atoms with Crippen LogP contribution in [-0.2, 0) is 9.53 Å². The fraction of sp³-hybridized carbons (Fsp3) is 0.375. The summed E-state index contributed by atoms with van der Waals surface area (Å²) in [5.74, 6) is -0.405. The van der Waals surface area contributed by atoms with E-state index in [9.17, 15) is 4.79 Å². The molecule has 6 heteroatoms. The van der Waals surface area contributed by atoms with Crippen molar-refractivity contribution in [2.75, 3.05) is 25.1 Å². The molecular formula is C16H20ClN3O2. The maximum atomic E-state index is 11.9. The van der Waals surface area contributed by atoms with Crippen molar-refractivity contribution >= 4 is 23.2 Å². The molecule has 0 saturated carbocycles. The minimum absolute atomic E-state index is 0.0192. The van der Waals surface area contributed by atoms with Gasteiger partial charge in [0.25, 0.3) is 5.91 Å². The maximum Gasteiger partial charge on any atom is 0.263 e. The van der Waals surface area contributed by atoms with Crippen LogP contribution in [0.15, 0.2) is 30.0 Å². The van der Waals surface area contributed by atoms with Crippen molar-refractivity contribution < 1.29 is 9.53 Å². The Kier molecular flexibility index (Phi) is 8.05. The van der Waals surface area contributed by atoms with Crippen LogP contribution in [0.4, 0.5) is 5.69 Å². The molecule has 5 nitrogen and oxygen atoms in total. The summed E-state index contributed by atoms with van der Waals surface area (Å²) >= 11 is 5.88. The standard InChI is InChI=1S/C16H20ClN3O2/c1-3-22-8-4-7-19-16(21)13(10-18)11-20-15-6-5-14(17)9-12(15)2/h5-6,9,11,20H,3-4,7-8H2,1-2H3,(H,19,21)/b13-11-. The van der Waals surface area contributed by atoms with Gasteiger partial charge in [-0.25, -0.2) is 0 Å². The van der Waals surface area contributed by atoms with Crippen molar-refractivity contribution in [3.8, 4) is 6.07 Å². The second-order valence-electron chi connectivity index (χ2n) is 4.58. The van der Waals surface area contributed by atoms with Crippen LogP contribution in [0.3, 0.4) is 0 Å². The van der Waals surface area contributed by atoms with E-state index >= 15 is 0 Å². The number of hydrogen-bond acceptors (Lipinski definition) is 4. The number of amides is 1. The number of carbonyl (C=O) groups excluding carboxylic acids is 1. The maximum absolute atomic E-state index is 11.9. The molecule has 0 aliphatic carbocycles. The zero-order chi connectivity index (χ0) is 16.4. The van der Waals surface area contributed by atoms with E-state index in [1.807, 2.05) is 19.9 Å². The normalized spacial score (nSPS) is 10.9. The molecule has 0 aromatic heterocycles. The monoisotopic (exact) mass is 321 g/mol. The van der Waals surface area contributed by atoms with E-state index in [-0.39, 0.29) is 5.57 Å². The fourth-order valence-corrected chi connectivity index (χ4v) is 1.93. The number of aryl methyl sites for hydroxylation is 1. The molecule has 0 atom stereocenters. The van der Waals surface area contributed by atoms with Crippen LogP contribution in [0, 0.1) is 18.3 Å². The third-order valence-electron chi connectivity index (χ3n) is 2.88. The highest BCUT2D eigenvalue weighted by Crippen LogP contribution is 2.19. The average molecular weight is 322 g/mol. The number of benzene rings is 1. The Hall–Kier alpha value is -2.03. The molecule has 1 amide bonds. The molecule has 0 saturated heterocycles. The van der Waals surface area contributed by atoms with Gasteiger partial charge in [-0.3, -0.25) is 4.79 Å². The molecule has 22 heavy (non-hydrogen) atoms. The quantitative estimate of drug-likeness (QED) is 0.438. The Balaban J connectivity index is 2.55. The van der Waals surface area contributed by atoms with Gasteiger partial charge in [-0.05, 0) is 44.0 Å². The second kappa shape index (κ2) is 9.82. The predicted octanol–water partition coefficient (Wildman–Crippen LogP) is 3.01. The zero-order valence-electron chi connectivity index (χ0n) is 12.8. The fourth-order valence-electron chi connectivity index (χ4n) is 1.70. The van der Waals surface area contributed by atoms with Crippen LogP contribution < -0.4 is 10.6 Å². The molecule has 1 rings (SSSR count). The first kappa shape index (κ1) is 18.0. The van der Waals surface area contributed by atoms with Crippen molar-refractivity contribution in [3.63, 3.8) is 0 Å². The van der Waals surface area contributed by atoms with Crippen LogP contribution in [-0.4, -0.2) is 25.7 Å². The number of nitriles is 1. The molecule has 0 bridgehead atoms. The SMILES string of the molecule is CCOCCCNC(=O)/C(C#N)=C\Nc1ccc(Cl)cc1C. The molecule has 0 spiro atoms. The van der Waals surface area contributed by atoms with Crippen LogP contribution in [0.2, 0.25) is 5.02 Å². The smallest absolute Gasteiger partial charge is 0.263 e. The van der Waals surface area contributed by atoms with Crippen molar-refractivity contribution in [1.82, 2.24) is 5.32 Å². The number of nitrogens with one attached hydrogen (secondary N) is 2. The number of anilines is 1. The number of ether oxygens (including phenoxy) is 1. The summed E-state index contributed by atoms with van der Waals surface area (Å²) < 4.78 is 5.18. The van der Waals surface area contributed by atoms with Crippen LogP contribution in [0.1, 0.15) is 18.9 Å². The van der Waals surface area contributed by atoms with Crippen molar-refractivity contribution in [2.45, 2.75) is 20.3 Å². The third-order valence-corrected chi connectivity index (χ3v) is 3.12. The molecule has 0 aliphatic rings. The molecule has 0 radical (unpaired) electrons. The van der Waals surface area contributed by atoms with Crippen LogP contribution in [0.25, 0.3) is 0 Å². The molecule has 2 N–H and O–H groups in total. The highest BCUT2D eigenvalue weighted by atomic mass is 35.5. The number of rotatable bonds is 8. The van der Waals surface area contributed by atoms with Crippen molar-refractivity contribution in [2.24, 2.45) is 0 Å². The number of hydrogen-bond donors (Lipinski definition) is 2. The molecule has 0 heterocycles. The minimum atomic E-state index is -0.405. The predicted molar refractivity (Wildman–Crippen MR) is 87.6 cm³/mol. The summed E-state index contributed by atoms with van der Waals surface area (Å²) in [6.45, 7) is 5.52. The van der Waals surface area contributed by atoms with Gasteiger partial charge in [0.1, 0.15) is 11.6 Å². The Labute approximate surface area is 135 Å².